The molecule has 0 bridgehead atoms. The van der Waals surface area contributed by atoms with E-state index in [9.17, 15) is 13.2 Å². The first-order valence-corrected chi connectivity index (χ1v) is 6.65. The van der Waals surface area contributed by atoms with Gasteiger partial charge in [0, 0.05) is 17.4 Å². The summed E-state index contributed by atoms with van der Waals surface area (Å²) in [6.07, 6.45) is -2.60. The third-order valence-electron chi connectivity index (χ3n) is 2.24. The van der Waals surface area contributed by atoms with Gasteiger partial charge in [-0.3, -0.25) is 0 Å². The van der Waals surface area contributed by atoms with Gasteiger partial charge in [0.2, 0.25) is 5.28 Å². The third-order valence-corrected chi connectivity index (χ3v) is 3.66. The second kappa shape index (κ2) is 5.52. The largest absolute Gasteiger partial charge is 0.433 e. The summed E-state index contributed by atoms with van der Waals surface area (Å²) < 4.78 is 37.4. The highest BCUT2D eigenvalue weighted by Crippen LogP contribution is 2.30. The second-order valence-electron chi connectivity index (χ2n) is 4.22. The molecule has 0 aliphatic rings. The predicted molar refractivity (Wildman–Crippen MR) is 68.1 cm³/mol. The van der Waals surface area contributed by atoms with Crippen LogP contribution in [0.25, 0.3) is 0 Å². The Bertz CT molecular complexity index is 423. The van der Waals surface area contributed by atoms with Gasteiger partial charge < -0.3 is 5.32 Å². The summed E-state index contributed by atoms with van der Waals surface area (Å²) in [5.74, 6) is 0.0736. The van der Waals surface area contributed by atoms with Crippen molar-refractivity contribution in [2.24, 2.45) is 0 Å². The SMILES string of the molecule is CSC(C)(C)CNc1cc(C(F)(F)F)nc(Cl)n1. The zero-order chi connectivity index (χ0) is 14.0. The fourth-order valence-electron chi connectivity index (χ4n) is 1.03. The highest BCUT2D eigenvalue weighted by Gasteiger charge is 2.33. The van der Waals surface area contributed by atoms with Crippen molar-refractivity contribution in [1.29, 1.82) is 0 Å². The molecule has 1 heterocycles. The molecular formula is C10H13ClF3N3S. The molecule has 3 nitrogen and oxygen atoms in total. The normalized spacial score (nSPS) is 12.6. The Hall–Kier alpha value is -0.690. The average Bonchev–Trinajstić information content (AvgIpc) is 2.25. The van der Waals surface area contributed by atoms with Crippen LogP contribution in [-0.4, -0.2) is 27.5 Å². The Morgan fingerprint density at radius 1 is 1.33 bits per heavy atom. The lowest BCUT2D eigenvalue weighted by Crippen LogP contribution is -2.26. The van der Waals surface area contributed by atoms with Crippen molar-refractivity contribution >= 4 is 29.2 Å². The second-order valence-corrected chi connectivity index (χ2v) is 6.07. The van der Waals surface area contributed by atoms with Gasteiger partial charge in [-0.25, -0.2) is 9.97 Å². The molecule has 1 rings (SSSR count). The molecule has 0 aliphatic carbocycles. The Morgan fingerprint density at radius 2 is 1.94 bits per heavy atom. The summed E-state index contributed by atoms with van der Waals surface area (Å²) in [6.45, 7) is 4.41. The maximum atomic E-state index is 12.5. The van der Waals surface area contributed by atoms with E-state index in [4.69, 9.17) is 11.6 Å². The third kappa shape index (κ3) is 4.53. The highest BCUT2D eigenvalue weighted by molar-refractivity contribution is 7.99. The first-order chi connectivity index (χ1) is 8.14. The minimum Gasteiger partial charge on any atom is -0.369 e. The molecule has 0 spiro atoms. The lowest BCUT2D eigenvalue weighted by Gasteiger charge is -2.22. The summed E-state index contributed by atoms with van der Waals surface area (Å²) in [5.41, 5.74) is -1.05. The topological polar surface area (TPSA) is 37.8 Å². The van der Waals surface area contributed by atoms with Crippen molar-refractivity contribution < 1.29 is 13.2 Å². The van der Waals surface area contributed by atoms with E-state index in [1.54, 1.807) is 11.8 Å². The van der Waals surface area contributed by atoms with Gasteiger partial charge in [0.1, 0.15) is 5.82 Å². The molecule has 0 atom stereocenters. The van der Waals surface area contributed by atoms with Crippen molar-refractivity contribution in [3.8, 4) is 0 Å². The number of anilines is 1. The molecule has 1 aromatic rings. The fraction of sp³-hybridized carbons (Fsp3) is 0.600. The summed E-state index contributed by atoms with van der Waals surface area (Å²) in [4.78, 5) is 6.87. The van der Waals surface area contributed by atoms with Crippen molar-refractivity contribution in [3.63, 3.8) is 0 Å². The number of halogens is 4. The number of nitrogens with zero attached hydrogens (tertiary/aromatic N) is 2. The molecule has 0 unspecified atom stereocenters. The number of alkyl halides is 3. The van der Waals surface area contributed by atoms with Crippen molar-refractivity contribution in [2.45, 2.75) is 24.8 Å². The van der Waals surface area contributed by atoms with Crippen LogP contribution in [0.4, 0.5) is 19.0 Å². The van der Waals surface area contributed by atoms with Crippen LogP contribution in [-0.2, 0) is 6.18 Å². The maximum absolute atomic E-state index is 12.5. The van der Waals surface area contributed by atoms with Gasteiger partial charge in [-0.05, 0) is 31.7 Å². The molecule has 8 heteroatoms. The fourth-order valence-corrected chi connectivity index (χ4v) is 1.43. The Morgan fingerprint density at radius 3 is 2.44 bits per heavy atom. The molecule has 0 aliphatic heterocycles. The van der Waals surface area contributed by atoms with E-state index in [0.29, 0.717) is 6.54 Å². The molecule has 1 N–H and O–H groups in total. The number of hydrogen-bond donors (Lipinski definition) is 1. The molecule has 102 valence electrons. The Kier molecular flexibility index (Phi) is 4.72. The molecule has 0 amide bonds. The van der Waals surface area contributed by atoms with Crippen LogP contribution in [0.5, 0.6) is 0 Å². The molecule has 0 fully saturated rings. The number of thioether (sulfide) groups is 1. The number of rotatable bonds is 4. The van der Waals surface area contributed by atoms with Crippen LogP contribution in [0.15, 0.2) is 6.07 Å². The standard InChI is InChI=1S/C10H13ClF3N3S/c1-9(2,18-3)5-15-7-4-6(10(12,13)14)16-8(11)17-7/h4H,5H2,1-3H3,(H,15,16,17). The maximum Gasteiger partial charge on any atom is 0.433 e. The zero-order valence-electron chi connectivity index (χ0n) is 10.1. The average molecular weight is 300 g/mol. The molecule has 0 aromatic carbocycles. The van der Waals surface area contributed by atoms with E-state index in [1.165, 1.54) is 0 Å². The molecule has 0 saturated carbocycles. The monoisotopic (exact) mass is 299 g/mol. The van der Waals surface area contributed by atoms with Gasteiger partial charge in [0.15, 0.2) is 5.69 Å². The zero-order valence-corrected chi connectivity index (χ0v) is 11.7. The lowest BCUT2D eigenvalue weighted by atomic mass is 10.2. The molecular weight excluding hydrogens is 287 g/mol. The van der Waals surface area contributed by atoms with Crippen LogP contribution in [0.2, 0.25) is 5.28 Å². The first kappa shape index (κ1) is 15.4. The van der Waals surface area contributed by atoms with E-state index in [-0.39, 0.29) is 10.6 Å². The van der Waals surface area contributed by atoms with Crippen molar-refractivity contribution in [1.82, 2.24) is 9.97 Å². The molecule has 18 heavy (non-hydrogen) atoms. The Labute approximate surface area is 113 Å². The summed E-state index contributed by atoms with van der Waals surface area (Å²) in [6, 6.07) is 0.849. The minimum atomic E-state index is -4.53. The van der Waals surface area contributed by atoms with Gasteiger partial charge in [-0.2, -0.15) is 24.9 Å². The summed E-state index contributed by atoms with van der Waals surface area (Å²) >= 11 is 7.07. The number of nitrogens with one attached hydrogen (secondary N) is 1. The van der Waals surface area contributed by atoms with Crippen LogP contribution >= 0.6 is 23.4 Å². The smallest absolute Gasteiger partial charge is 0.369 e. The minimum absolute atomic E-state index is 0.0736. The molecule has 1 aromatic heterocycles. The predicted octanol–water partition coefficient (Wildman–Crippen LogP) is 3.70. The van der Waals surface area contributed by atoms with Crippen LogP contribution < -0.4 is 5.32 Å². The quantitative estimate of drug-likeness (QED) is 0.860. The Balaban J connectivity index is 2.88. The molecule has 0 radical (unpaired) electrons. The van der Waals surface area contributed by atoms with E-state index >= 15 is 0 Å². The van der Waals surface area contributed by atoms with Gasteiger partial charge >= 0.3 is 6.18 Å². The van der Waals surface area contributed by atoms with Crippen molar-refractivity contribution in [3.05, 3.63) is 17.0 Å². The highest BCUT2D eigenvalue weighted by atomic mass is 35.5. The summed E-state index contributed by atoms with van der Waals surface area (Å²) in [7, 11) is 0. The van der Waals surface area contributed by atoms with E-state index in [2.05, 4.69) is 15.3 Å². The van der Waals surface area contributed by atoms with Crippen LogP contribution in [0, 0.1) is 0 Å². The summed E-state index contributed by atoms with van der Waals surface area (Å²) in [5, 5.41) is 2.41. The van der Waals surface area contributed by atoms with Crippen LogP contribution in [0.1, 0.15) is 19.5 Å². The number of aromatic nitrogens is 2. The first-order valence-electron chi connectivity index (χ1n) is 5.05. The van der Waals surface area contributed by atoms with Gasteiger partial charge in [0.25, 0.3) is 0 Å². The van der Waals surface area contributed by atoms with Gasteiger partial charge in [-0.1, -0.05) is 0 Å². The number of hydrogen-bond acceptors (Lipinski definition) is 4. The van der Waals surface area contributed by atoms with E-state index in [1.807, 2.05) is 20.1 Å². The van der Waals surface area contributed by atoms with E-state index in [0.717, 1.165) is 6.07 Å². The van der Waals surface area contributed by atoms with Gasteiger partial charge in [0.05, 0.1) is 0 Å². The molecule has 0 saturated heterocycles. The lowest BCUT2D eigenvalue weighted by molar-refractivity contribution is -0.141. The van der Waals surface area contributed by atoms with Gasteiger partial charge in [-0.15, -0.1) is 0 Å². The van der Waals surface area contributed by atoms with Crippen molar-refractivity contribution in [2.75, 3.05) is 18.1 Å². The van der Waals surface area contributed by atoms with Crippen LogP contribution in [0.3, 0.4) is 0 Å². The van der Waals surface area contributed by atoms with E-state index < -0.39 is 17.2 Å².